The molecule has 0 amide bonds. The summed E-state index contributed by atoms with van der Waals surface area (Å²) in [5.74, 6) is -0.635. The molecule has 10 atom stereocenters. The molecule has 3 aliphatic heterocycles. The van der Waals surface area contributed by atoms with E-state index in [1.807, 2.05) is 0 Å². The summed E-state index contributed by atoms with van der Waals surface area (Å²) in [4.78, 5) is 12.8. The molecule has 3 aromatic carbocycles. The molecule has 304 valence electrons. The summed E-state index contributed by atoms with van der Waals surface area (Å²) in [6.45, 7) is -2.31. The summed E-state index contributed by atoms with van der Waals surface area (Å²) in [6, 6.07) is 12.1. The van der Waals surface area contributed by atoms with E-state index in [0.29, 0.717) is 28.2 Å². The number of phenolic OH excluding ortho intramolecular Hbond substituents is 2. The standard InChI is InChI=1S/C38H44O18/c1-48-25-8-6-20(13-24(25)42)53-36-34(31(45)30(44)28(15-40)54-36)56-37-35(46)38(47,17-52-37)16-51-29(43)9-4-18-10-21-22(14-39)32(55-33(21)27(11-18)50-3)19-5-7-23(41)26(12-19)49-2/h4-13,22,28,30-32,34-37,39-42,44-47H,14-17H2,1-3H3/b9-4+/t22-,28+,30+,31-,32-,34+,35-,36+,37-,38+/m0/s1. The van der Waals surface area contributed by atoms with Gasteiger partial charge in [-0.2, -0.15) is 0 Å². The zero-order valence-electron chi connectivity index (χ0n) is 30.5. The second-order valence-electron chi connectivity index (χ2n) is 13.3. The van der Waals surface area contributed by atoms with E-state index in [2.05, 4.69) is 0 Å². The summed E-state index contributed by atoms with van der Waals surface area (Å²) in [6.07, 6.45) is -9.41. The fourth-order valence-corrected chi connectivity index (χ4v) is 6.67. The fraction of sp³-hybridized carbons (Fsp3) is 0.447. The number of esters is 1. The average molecular weight is 789 g/mol. The Balaban J connectivity index is 1.10. The zero-order valence-corrected chi connectivity index (χ0v) is 30.5. The lowest BCUT2D eigenvalue weighted by atomic mass is 9.90. The first-order chi connectivity index (χ1) is 26.8. The Morgan fingerprint density at radius 3 is 2.30 bits per heavy atom. The number of benzene rings is 3. The van der Waals surface area contributed by atoms with Crippen LogP contribution in [-0.2, 0) is 23.7 Å². The lowest BCUT2D eigenvalue weighted by Crippen LogP contribution is -2.62. The van der Waals surface area contributed by atoms with Gasteiger partial charge in [-0.1, -0.05) is 6.07 Å². The highest BCUT2D eigenvalue weighted by molar-refractivity contribution is 5.87. The summed E-state index contributed by atoms with van der Waals surface area (Å²) >= 11 is 0. The molecule has 0 bridgehead atoms. The number of rotatable bonds is 14. The Morgan fingerprint density at radius 1 is 0.875 bits per heavy atom. The Morgan fingerprint density at radius 2 is 1.62 bits per heavy atom. The lowest BCUT2D eigenvalue weighted by Gasteiger charge is -2.42. The third kappa shape index (κ3) is 8.15. The van der Waals surface area contributed by atoms with E-state index < -0.39 is 86.5 Å². The van der Waals surface area contributed by atoms with Crippen molar-refractivity contribution in [2.75, 3.05) is 47.8 Å². The van der Waals surface area contributed by atoms with Crippen molar-refractivity contribution in [3.8, 4) is 40.2 Å². The molecule has 0 aromatic heterocycles. The maximum absolute atomic E-state index is 12.8. The number of ether oxygens (including phenoxy) is 9. The van der Waals surface area contributed by atoms with Gasteiger partial charge in [-0.3, -0.25) is 0 Å². The van der Waals surface area contributed by atoms with E-state index in [1.165, 1.54) is 51.7 Å². The van der Waals surface area contributed by atoms with Gasteiger partial charge in [-0.05, 0) is 53.6 Å². The minimum atomic E-state index is -2.17. The molecule has 56 heavy (non-hydrogen) atoms. The smallest absolute Gasteiger partial charge is 0.330 e. The Hall–Kier alpha value is -4.89. The van der Waals surface area contributed by atoms with E-state index in [4.69, 9.17) is 42.6 Å². The van der Waals surface area contributed by atoms with Crippen LogP contribution in [0.1, 0.15) is 28.7 Å². The van der Waals surface area contributed by atoms with Crippen molar-refractivity contribution in [2.45, 2.75) is 60.7 Å². The minimum Gasteiger partial charge on any atom is -0.504 e. The first-order valence-electron chi connectivity index (χ1n) is 17.4. The van der Waals surface area contributed by atoms with Crippen LogP contribution < -0.4 is 23.7 Å². The number of fused-ring (bicyclic) bond motifs is 1. The van der Waals surface area contributed by atoms with Crippen molar-refractivity contribution in [3.63, 3.8) is 0 Å². The van der Waals surface area contributed by atoms with Crippen molar-refractivity contribution in [2.24, 2.45) is 0 Å². The van der Waals surface area contributed by atoms with E-state index in [1.54, 1.807) is 24.3 Å². The number of aromatic hydroxyl groups is 2. The monoisotopic (exact) mass is 788 g/mol. The van der Waals surface area contributed by atoms with E-state index in [-0.39, 0.29) is 35.4 Å². The van der Waals surface area contributed by atoms with Crippen LogP contribution in [-0.4, -0.2) is 143 Å². The van der Waals surface area contributed by atoms with Gasteiger partial charge in [0.1, 0.15) is 42.9 Å². The predicted molar refractivity (Wildman–Crippen MR) is 189 cm³/mol. The zero-order chi connectivity index (χ0) is 40.3. The second kappa shape index (κ2) is 17.1. The Bertz CT molecular complexity index is 1890. The van der Waals surface area contributed by atoms with E-state index in [9.17, 15) is 45.6 Å². The predicted octanol–water partition coefficient (Wildman–Crippen LogP) is 0.241. The summed E-state index contributed by atoms with van der Waals surface area (Å²) in [7, 11) is 4.21. The average Bonchev–Trinajstić information content (AvgIpc) is 3.71. The molecule has 0 saturated carbocycles. The van der Waals surface area contributed by atoms with Crippen molar-refractivity contribution < 1.29 is 88.3 Å². The number of phenols is 2. The Labute approximate surface area is 320 Å². The van der Waals surface area contributed by atoms with Crippen LogP contribution in [0.15, 0.2) is 54.6 Å². The molecule has 0 aliphatic carbocycles. The third-order valence-corrected chi connectivity index (χ3v) is 9.77. The normalized spacial score (nSPS) is 29.8. The molecule has 3 aliphatic rings. The van der Waals surface area contributed by atoms with Gasteiger partial charge < -0.3 is 83.5 Å². The minimum absolute atomic E-state index is 0.0331. The van der Waals surface area contributed by atoms with Gasteiger partial charge in [0.2, 0.25) is 6.29 Å². The molecule has 0 unspecified atom stereocenters. The van der Waals surface area contributed by atoms with Crippen LogP contribution in [0.5, 0.6) is 40.2 Å². The van der Waals surface area contributed by atoms with Gasteiger partial charge in [0.15, 0.2) is 52.5 Å². The SMILES string of the molecule is COc1ccc(O[C@@H]2O[C@H](CO)[C@@H](O)[C@H](O)[C@H]2O[C@@H]2OC[C@](O)(COC(=O)/C=C/c3cc(OC)c4c(c3)[C@H](CO)[C@H](c3ccc(O)c(OC)c3)O4)[C@H]2O)cc1O. The summed E-state index contributed by atoms with van der Waals surface area (Å²) in [5, 5.41) is 83.9. The molecule has 3 heterocycles. The molecule has 2 fully saturated rings. The number of aliphatic hydroxyl groups is 6. The van der Waals surface area contributed by atoms with Crippen molar-refractivity contribution in [1.29, 1.82) is 0 Å². The van der Waals surface area contributed by atoms with Gasteiger partial charge in [-0.25, -0.2) is 4.79 Å². The van der Waals surface area contributed by atoms with Crippen LogP contribution in [0.2, 0.25) is 0 Å². The van der Waals surface area contributed by atoms with E-state index in [0.717, 1.165) is 6.08 Å². The quantitative estimate of drug-likeness (QED) is 0.0804. The van der Waals surface area contributed by atoms with Crippen LogP contribution in [0.25, 0.3) is 6.08 Å². The highest BCUT2D eigenvalue weighted by Gasteiger charge is 2.54. The van der Waals surface area contributed by atoms with Crippen molar-refractivity contribution >= 4 is 12.0 Å². The van der Waals surface area contributed by atoms with Gasteiger partial charge in [-0.15, -0.1) is 0 Å². The molecule has 8 N–H and O–H groups in total. The first-order valence-corrected chi connectivity index (χ1v) is 17.4. The second-order valence-corrected chi connectivity index (χ2v) is 13.3. The topological polar surface area (TPSA) is 262 Å². The molecule has 6 rings (SSSR count). The molecular formula is C38H44O18. The molecule has 18 heteroatoms. The van der Waals surface area contributed by atoms with Crippen LogP contribution in [0.3, 0.4) is 0 Å². The van der Waals surface area contributed by atoms with Crippen LogP contribution in [0.4, 0.5) is 0 Å². The lowest BCUT2D eigenvalue weighted by molar-refractivity contribution is -0.318. The number of hydrogen-bond donors (Lipinski definition) is 8. The molecule has 3 aromatic rings. The van der Waals surface area contributed by atoms with E-state index >= 15 is 0 Å². The third-order valence-electron chi connectivity index (χ3n) is 9.77. The van der Waals surface area contributed by atoms with Crippen molar-refractivity contribution in [3.05, 3.63) is 71.3 Å². The molecule has 0 spiro atoms. The number of methoxy groups -OCH3 is 3. The highest BCUT2D eigenvalue weighted by Crippen LogP contribution is 2.51. The van der Waals surface area contributed by atoms with Gasteiger partial charge >= 0.3 is 5.97 Å². The largest absolute Gasteiger partial charge is 0.504 e. The van der Waals surface area contributed by atoms with Gasteiger partial charge in [0.25, 0.3) is 0 Å². The van der Waals surface area contributed by atoms with Crippen LogP contribution >= 0.6 is 0 Å². The molecule has 0 radical (unpaired) electrons. The van der Waals surface area contributed by atoms with Gasteiger partial charge in [0.05, 0.1) is 47.1 Å². The summed E-state index contributed by atoms with van der Waals surface area (Å²) in [5.41, 5.74) is -0.445. The molecular weight excluding hydrogens is 744 g/mol. The number of carbonyl (C=O) groups is 1. The summed E-state index contributed by atoms with van der Waals surface area (Å²) < 4.78 is 49.9. The maximum atomic E-state index is 12.8. The molecule has 2 saturated heterocycles. The van der Waals surface area contributed by atoms with Gasteiger partial charge in [0, 0.05) is 17.7 Å². The maximum Gasteiger partial charge on any atom is 0.330 e. The van der Waals surface area contributed by atoms with Crippen LogP contribution in [0, 0.1) is 0 Å². The Kier molecular flexibility index (Phi) is 12.4. The first kappa shape index (κ1) is 40.8. The number of aliphatic hydroxyl groups excluding tert-OH is 5. The fourth-order valence-electron chi connectivity index (χ4n) is 6.67. The molecule has 18 nitrogen and oxygen atoms in total. The van der Waals surface area contributed by atoms with Crippen molar-refractivity contribution in [1.82, 2.24) is 0 Å². The number of carbonyl (C=O) groups excluding carboxylic acids is 1. The highest BCUT2D eigenvalue weighted by atomic mass is 16.8. The number of hydrogen-bond acceptors (Lipinski definition) is 18.